The summed E-state index contributed by atoms with van der Waals surface area (Å²) in [7, 11) is -3.58. The predicted molar refractivity (Wildman–Crippen MR) is 80.9 cm³/mol. The van der Waals surface area contributed by atoms with Crippen LogP contribution in [0.5, 0.6) is 0 Å². The molecule has 0 spiro atoms. The largest absolute Gasteiger partial charge is 0.339 e. The van der Waals surface area contributed by atoms with Gasteiger partial charge in [-0.3, -0.25) is 0 Å². The summed E-state index contributed by atoms with van der Waals surface area (Å²) in [6, 6.07) is 8.05. The minimum Gasteiger partial charge on any atom is -0.339 e. The Balaban J connectivity index is 1.74. The number of hydrogen-bond acceptors (Lipinski definition) is 6. The lowest BCUT2D eigenvalue weighted by atomic mass is 9.98. The number of aryl methyl sites for hydroxylation is 1. The third-order valence-corrected chi connectivity index (χ3v) is 5.84. The second-order valence-electron chi connectivity index (χ2n) is 5.50. The summed E-state index contributed by atoms with van der Waals surface area (Å²) in [5.41, 5.74) is 0.335. The Kier molecular flexibility index (Phi) is 4.15. The fourth-order valence-corrected chi connectivity index (χ4v) is 4.21. The summed E-state index contributed by atoms with van der Waals surface area (Å²) < 4.78 is 32.0. The molecule has 1 aliphatic rings. The fraction of sp³-hybridized carbons (Fsp3) is 0.400. The molecule has 0 bridgehead atoms. The maximum atomic E-state index is 12.7. The number of piperidine rings is 1. The van der Waals surface area contributed by atoms with Crippen LogP contribution in [0.25, 0.3) is 0 Å². The number of hydrogen-bond donors (Lipinski definition) is 0. The molecule has 23 heavy (non-hydrogen) atoms. The maximum absolute atomic E-state index is 12.7. The standard InChI is InChI=1S/C15H16N4O3S/c1-11-17-15(22-18-11)13-5-7-19(8-6-13)23(20,21)14-4-2-3-12(9-14)10-16/h2-4,9,13H,5-8H2,1H3. The number of nitriles is 1. The fourth-order valence-electron chi connectivity index (χ4n) is 2.70. The van der Waals surface area contributed by atoms with Crippen LogP contribution in [0.15, 0.2) is 33.7 Å². The zero-order valence-corrected chi connectivity index (χ0v) is 13.5. The van der Waals surface area contributed by atoms with Crippen LogP contribution in [0.3, 0.4) is 0 Å². The van der Waals surface area contributed by atoms with Gasteiger partial charge in [-0.2, -0.15) is 14.6 Å². The van der Waals surface area contributed by atoms with Crippen molar-refractivity contribution >= 4 is 10.0 Å². The number of nitrogens with zero attached hydrogens (tertiary/aromatic N) is 4. The Morgan fingerprint density at radius 2 is 2.09 bits per heavy atom. The van der Waals surface area contributed by atoms with Crippen molar-refractivity contribution in [3.8, 4) is 6.07 Å². The highest BCUT2D eigenvalue weighted by atomic mass is 32.2. The van der Waals surface area contributed by atoms with Crippen LogP contribution in [0.1, 0.15) is 36.0 Å². The van der Waals surface area contributed by atoms with Crippen molar-refractivity contribution in [3.05, 3.63) is 41.5 Å². The van der Waals surface area contributed by atoms with Crippen molar-refractivity contribution in [2.24, 2.45) is 0 Å². The van der Waals surface area contributed by atoms with Crippen molar-refractivity contribution in [1.82, 2.24) is 14.4 Å². The first kappa shape index (κ1) is 15.6. The Morgan fingerprint density at radius 1 is 1.35 bits per heavy atom. The minimum absolute atomic E-state index is 0.0908. The lowest BCUT2D eigenvalue weighted by Crippen LogP contribution is -2.38. The van der Waals surface area contributed by atoms with Gasteiger partial charge in [0.1, 0.15) is 0 Å². The smallest absolute Gasteiger partial charge is 0.243 e. The molecular weight excluding hydrogens is 316 g/mol. The van der Waals surface area contributed by atoms with E-state index < -0.39 is 10.0 Å². The monoisotopic (exact) mass is 332 g/mol. The van der Waals surface area contributed by atoms with E-state index in [2.05, 4.69) is 10.1 Å². The van der Waals surface area contributed by atoms with E-state index in [4.69, 9.17) is 9.78 Å². The van der Waals surface area contributed by atoms with Crippen LogP contribution in [0, 0.1) is 18.3 Å². The summed E-state index contributed by atoms with van der Waals surface area (Å²) in [6.45, 7) is 2.55. The zero-order valence-electron chi connectivity index (χ0n) is 12.6. The van der Waals surface area contributed by atoms with Gasteiger partial charge in [0, 0.05) is 19.0 Å². The molecule has 0 N–H and O–H groups in total. The van der Waals surface area contributed by atoms with E-state index in [1.807, 2.05) is 6.07 Å². The van der Waals surface area contributed by atoms with E-state index in [0.29, 0.717) is 43.2 Å². The lowest BCUT2D eigenvalue weighted by Gasteiger charge is -2.29. The minimum atomic E-state index is -3.58. The Morgan fingerprint density at radius 3 is 2.70 bits per heavy atom. The van der Waals surface area contributed by atoms with Gasteiger partial charge in [-0.05, 0) is 38.0 Å². The molecule has 7 nitrogen and oxygen atoms in total. The van der Waals surface area contributed by atoms with Crippen LogP contribution in [-0.2, 0) is 10.0 Å². The predicted octanol–water partition coefficient (Wildman–Crippen LogP) is 1.82. The molecule has 0 saturated carbocycles. The summed E-state index contributed by atoms with van der Waals surface area (Å²) >= 11 is 0. The van der Waals surface area contributed by atoms with Gasteiger partial charge < -0.3 is 4.52 Å². The van der Waals surface area contributed by atoms with Crippen molar-refractivity contribution < 1.29 is 12.9 Å². The number of aromatic nitrogens is 2. The van der Waals surface area contributed by atoms with Crippen molar-refractivity contribution in [3.63, 3.8) is 0 Å². The van der Waals surface area contributed by atoms with E-state index in [1.165, 1.54) is 16.4 Å². The summed E-state index contributed by atoms with van der Waals surface area (Å²) in [5.74, 6) is 1.25. The third-order valence-electron chi connectivity index (χ3n) is 3.95. The van der Waals surface area contributed by atoms with E-state index in [0.717, 1.165) is 0 Å². The maximum Gasteiger partial charge on any atom is 0.243 e. The van der Waals surface area contributed by atoms with Crippen LogP contribution in [0.2, 0.25) is 0 Å². The Hall–Kier alpha value is -2.24. The van der Waals surface area contributed by atoms with E-state index in [9.17, 15) is 8.42 Å². The molecule has 0 radical (unpaired) electrons. The molecule has 2 heterocycles. The Bertz CT molecular complexity index is 846. The molecule has 0 aliphatic carbocycles. The van der Waals surface area contributed by atoms with Gasteiger partial charge in [0.05, 0.1) is 16.5 Å². The quantitative estimate of drug-likeness (QED) is 0.850. The first-order chi connectivity index (χ1) is 11.0. The molecule has 2 aromatic rings. The van der Waals surface area contributed by atoms with Gasteiger partial charge in [0.15, 0.2) is 5.82 Å². The zero-order chi connectivity index (χ0) is 16.4. The van der Waals surface area contributed by atoms with Gasteiger partial charge >= 0.3 is 0 Å². The van der Waals surface area contributed by atoms with E-state index >= 15 is 0 Å². The van der Waals surface area contributed by atoms with Crippen molar-refractivity contribution in [2.75, 3.05) is 13.1 Å². The second kappa shape index (κ2) is 6.10. The molecule has 3 rings (SSSR count). The van der Waals surface area contributed by atoms with Crippen molar-refractivity contribution in [1.29, 1.82) is 5.26 Å². The average molecular weight is 332 g/mol. The first-order valence-corrected chi connectivity index (χ1v) is 8.75. The normalized spacial score (nSPS) is 17.0. The van der Waals surface area contributed by atoms with Crippen LogP contribution < -0.4 is 0 Å². The van der Waals surface area contributed by atoms with E-state index in [1.54, 1.807) is 19.1 Å². The highest BCUT2D eigenvalue weighted by Crippen LogP contribution is 2.29. The van der Waals surface area contributed by atoms with Crippen LogP contribution in [0.4, 0.5) is 0 Å². The van der Waals surface area contributed by atoms with Gasteiger partial charge in [0.25, 0.3) is 0 Å². The lowest BCUT2D eigenvalue weighted by molar-refractivity contribution is 0.270. The van der Waals surface area contributed by atoms with Crippen molar-refractivity contribution in [2.45, 2.75) is 30.6 Å². The SMILES string of the molecule is Cc1noc(C2CCN(S(=O)(=O)c3cccc(C#N)c3)CC2)n1. The molecule has 1 aromatic carbocycles. The molecule has 120 valence electrons. The molecule has 0 unspecified atom stereocenters. The molecule has 0 atom stereocenters. The number of sulfonamides is 1. The van der Waals surface area contributed by atoms with Gasteiger partial charge in [0.2, 0.25) is 15.9 Å². The van der Waals surface area contributed by atoms with Crippen LogP contribution >= 0.6 is 0 Å². The topological polar surface area (TPSA) is 100 Å². The summed E-state index contributed by atoms with van der Waals surface area (Å²) in [5, 5.41) is 12.7. The highest BCUT2D eigenvalue weighted by Gasteiger charge is 2.32. The van der Waals surface area contributed by atoms with Crippen LogP contribution in [-0.4, -0.2) is 36.0 Å². The summed E-state index contributed by atoms with van der Waals surface area (Å²) in [4.78, 5) is 4.38. The summed E-state index contributed by atoms with van der Waals surface area (Å²) in [6.07, 6.45) is 1.28. The molecule has 1 fully saturated rings. The third kappa shape index (κ3) is 3.11. The second-order valence-corrected chi connectivity index (χ2v) is 7.44. The molecule has 0 amide bonds. The number of rotatable bonds is 3. The number of benzene rings is 1. The van der Waals surface area contributed by atoms with Gasteiger partial charge in [-0.25, -0.2) is 8.42 Å². The molecule has 8 heteroatoms. The molecule has 1 aromatic heterocycles. The van der Waals surface area contributed by atoms with Gasteiger partial charge in [-0.15, -0.1) is 0 Å². The van der Waals surface area contributed by atoms with E-state index in [-0.39, 0.29) is 10.8 Å². The first-order valence-electron chi connectivity index (χ1n) is 7.31. The molecule has 1 aliphatic heterocycles. The highest BCUT2D eigenvalue weighted by molar-refractivity contribution is 7.89. The van der Waals surface area contributed by atoms with Gasteiger partial charge in [-0.1, -0.05) is 11.2 Å². The average Bonchev–Trinajstić information content (AvgIpc) is 3.01. The molecular formula is C15H16N4O3S. The molecule has 1 saturated heterocycles. The Labute approximate surface area is 134 Å².